The van der Waals surface area contributed by atoms with Crippen molar-refractivity contribution in [2.45, 2.75) is 39.2 Å². The van der Waals surface area contributed by atoms with Crippen molar-refractivity contribution in [3.63, 3.8) is 0 Å². The van der Waals surface area contributed by atoms with Gasteiger partial charge < -0.3 is 20.1 Å². The van der Waals surface area contributed by atoms with Crippen molar-refractivity contribution in [2.75, 3.05) is 20.3 Å². The minimum atomic E-state index is -0.611. The Labute approximate surface area is 232 Å². The first kappa shape index (κ1) is 27.3. The number of ketones is 1. The van der Waals surface area contributed by atoms with Crippen LogP contribution in [-0.2, 0) is 16.1 Å². The van der Waals surface area contributed by atoms with Crippen LogP contribution in [-0.4, -0.2) is 30.9 Å². The van der Waals surface area contributed by atoms with Crippen LogP contribution < -0.4 is 10.5 Å². The molecular formula is C28H28Cl3N3O3. The zero-order valence-electron chi connectivity index (χ0n) is 20.9. The van der Waals surface area contributed by atoms with E-state index in [1.54, 1.807) is 37.4 Å². The number of hydrogen-bond acceptors (Lipinski definition) is 6. The maximum Gasteiger partial charge on any atom is 0.162 e. The van der Waals surface area contributed by atoms with Gasteiger partial charge in [0.25, 0.3) is 0 Å². The van der Waals surface area contributed by atoms with E-state index in [9.17, 15) is 10.1 Å². The summed E-state index contributed by atoms with van der Waals surface area (Å²) in [4.78, 5) is 15.4. The molecule has 2 aliphatic rings. The van der Waals surface area contributed by atoms with Crippen LogP contribution in [0.4, 0.5) is 0 Å². The molecule has 1 aliphatic carbocycles. The fourth-order valence-corrected chi connectivity index (χ4v) is 5.66. The summed E-state index contributed by atoms with van der Waals surface area (Å²) in [6, 6.07) is 12.7. The van der Waals surface area contributed by atoms with Gasteiger partial charge in [0.1, 0.15) is 18.2 Å². The maximum absolute atomic E-state index is 13.5. The van der Waals surface area contributed by atoms with E-state index in [0.29, 0.717) is 69.3 Å². The standard InChI is InChI=1S/C28H28Cl3N3O3/c1-28(2)12-22-26(23(35)13-28)25(19(14-32)27(33)34(22)8-9-36-3)16-5-7-24(21(31)10-16)37-15-17-4-6-18(29)11-20(17)30/h4-7,10-11,25H,8-9,12-13,15,33H2,1-3H3/t25-/m1/s1. The van der Waals surface area contributed by atoms with Crippen LogP contribution >= 0.6 is 34.8 Å². The van der Waals surface area contributed by atoms with Gasteiger partial charge in [0.05, 0.1) is 29.2 Å². The van der Waals surface area contributed by atoms with Crippen molar-refractivity contribution < 1.29 is 14.3 Å². The van der Waals surface area contributed by atoms with Crippen molar-refractivity contribution in [1.82, 2.24) is 4.90 Å². The second-order valence-corrected chi connectivity index (χ2v) is 11.3. The molecular weight excluding hydrogens is 533 g/mol. The largest absolute Gasteiger partial charge is 0.487 e. The summed E-state index contributed by atoms with van der Waals surface area (Å²) in [5, 5.41) is 11.5. The van der Waals surface area contributed by atoms with Gasteiger partial charge in [-0.2, -0.15) is 5.26 Å². The van der Waals surface area contributed by atoms with Gasteiger partial charge in [0.15, 0.2) is 5.78 Å². The number of allylic oxidation sites excluding steroid dienone is 3. The lowest BCUT2D eigenvalue weighted by Gasteiger charge is -2.43. The molecule has 2 aromatic rings. The van der Waals surface area contributed by atoms with Crippen LogP contribution in [0.1, 0.15) is 43.7 Å². The predicted octanol–water partition coefficient (Wildman–Crippen LogP) is 6.61. The molecule has 9 heteroatoms. The van der Waals surface area contributed by atoms with Gasteiger partial charge in [0, 0.05) is 47.0 Å². The summed E-state index contributed by atoms with van der Waals surface area (Å²) in [5.41, 5.74) is 9.55. The Balaban J connectivity index is 1.71. The molecule has 2 aromatic carbocycles. The monoisotopic (exact) mass is 559 g/mol. The van der Waals surface area contributed by atoms with Gasteiger partial charge in [0.2, 0.25) is 0 Å². The number of nitrogens with two attached hydrogens (primary N) is 1. The summed E-state index contributed by atoms with van der Waals surface area (Å²) in [5.74, 6) is 0.185. The minimum Gasteiger partial charge on any atom is -0.487 e. The Morgan fingerprint density at radius 1 is 1.14 bits per heavy atom. The number of nitrogens with zero attached hydrogens (tertiary/aromatic N) is 2. The molecule has 2 N–H and O–H groups in total. The van der Waals surface area contributed by atoms with Gasteiger partial charge >= 0.3 is 0 Å². The van der Waals surface area contributed by atoms with Crippen LogP contribution in [0.15, 0.2) is 59.1 Å². The molecule has 0 aromatic heterocycles. The molecule has 0 unspecified atom stereocenters. The fraction of sp³-hybridized carbons (Fsp3) is 0.357. The molecule has 4 rings (SSSR count). The van der Waals surface area contributed by atoms with Crippen molar-refractivity contribution in [2.24, 2.45) is 11.1 Å². The van der Waals surface area contributed by atoms with Gasteiger partial charge in [-0.3, -0.25) is 4.79 Å². The summed E-state index contributed by atoms with van der Waals surface area (Å²) in [6.07, 6.45) is 1.04. The molecule has 0 amide bonds. The van der Waals surface area contributed by atoms with E-state index in [4.69, 9.17) is 50.0 Å². The van der Waals surface area contributed by atoms with Crippen LogP contribution in [0.5, 0.6) is 5.75 Å². The molecule has 0 spiro atoms. The smallest absolute Gasteiger partial charge is 0.162 e. The number of halogens is 3. The van der Waals surface area contributed by atoms with Crippen LogP contribution in [0.3, 0.4) is 0 Å². The number of methoxy groups -OCH3 is 1. The van der Waals surface area contributed by atoms with Crippen molar-refractivity contribution >= 4 is 40.6 Å². The molecule has 37 heavy (non-hydrogen) atoms. The van der Waals surface area contributed by atoms with E-state index in [1.807, 2.05) is 11.0 Å². The normalized spacial score (nSPS) is 19.1. The summed E-state index contributed by atoms with van der Waals surface area (Å²) >= 11 is 18.9. The summed E-state index contributed by atoms with van der Waals surface area (Å²) < 4.78 is 11.2. The van der Waals surface area contributed by atoms with E-state index < -0.39 is 5.92 Å². The van der Waals surface area contributed by atoms with Gasteiger partial charge in [-0.15, -0.1) is 0 Å². The molecule has 0 fully saturated rings. The molecule has 194 valence electrons. The zero-order valence-corrected chi connectivity index (χ0v) is 23.2. The summed E-state index contributed by atoms with van der Waals surface area (Å²) in [7, 11) is 1.61. The average molecular weight is 561 g/mol. The Hall–Kier alpha value is -2.69. The lowest BCUT2D eigenvalue weighted by atomic mass is 9.68. The van der Waals surface area contributed by atoms with Crippen LogP contribution in [0, 0.1) is 16.7 Å². The second kappa shape index (κ2) is 11.0. The molecule has 6 nitrogen and oxygen atoms in total. The van der Waals surface area contributed by atoms with E-state index in [0.717, 1.165) is 11.3 Å². The average Bonchev–Trinajstić information content (AvgIpc) is 2.82. The number of hydrogen-bond donors (Lipinski definition) is 1. The fourth-order valence-electron chi connectivity index (χ4n) is 4.95. The van der Waals surface area contributed by atoms with E-state index in [-0.39, 0.29) is 17.8 Å². The predicted molar refractivity (Wildman–Crippen MR) is 145 cm³/mol. The number of rotatable bonds is 7. The number of carbonyl (C=O) groups is 1. The highest BCUT2D eigenvalue weighted by Gasteiger charge is 2.44. The van der Waals surface area contributed by atoms with Gasteiger partial charge in [-0.1, -0.05) is 60.8 Å². The minimum absolute atomic E-state index is 0.00717. The first-order chi connectivity index (χ1) is 17.6. The lowest BCUT2D eigenvalue weighted by Crippen LogP contribution is -2.43. The molecule has 0 saturated heterocycles. The molecule has 0 radical (unpaired) electrons. The number of ether oxygens (including phenoxy) is 2. The third-order valence-electron chi connectivity index (χ3n) is 6.69. The first-order valence-corrected chi connectivity index (χ1v) is 13.0. The van der Waals surface area contributed by atoms with Crippen molar-refractivity contribution in [3.05, 3.63) is 85.3 Å². The highest BCUT2D eigenvalue weighted by Crippen LogP contribution is 2.49. The Bertz CT molecular complexity index is 1340. The third kappa shape index (κ3) is 5.61. The zero-order chi connectivity index (χ0) is 26.9. The molecule has 1 heterocycles. The maximum atomic E-state index is 13.5. The number of nitriles is 1. The van der Waals surface area contributed by atoms with Gasteiger partial charge in [-0.05, 0) is 41.7 Å². The molecule has 0 saturated carbocycles. The van der Waals surface area contributed by atoms with Crippen LogP contribution in [0.2, 0.25) is 15.1 Å². The molecule has 1 aliphatic heterocycles. The summed E-state index contributed by atoms with van der Waals surface area (Å²) in [6.45, 7) is 5.18. The molecule has 0 bridgehead atoms. The Morgan fingerprint density at radius 3 is 2.54 bits per heavy atom. The van der Waals surface area contributed by atoms with E-state index >= 15 is 0 Å². The van der Waals surface area contributed by atoms with Gasteiger partial charge in [-0.25, -0.2) is 0 Å². The quantitative estimate of drug-likeness (QED) is 0.410. The number of benzene rings is 2. The van der Waals surface area contributed by atoms with Crippen LogP contribution in [0.25, 0.3) is 0 Å². The second-order valence-electron chi connectivity index (χ2n) is 10.0. The topological polar surface area (TPSA) is 88.6 Å². The Morgan fingerprint density at radius 2 is 1.89 bits per heavy atom. The van der Waals surface area contributed by atoms with Crippen molar-refractivity contribution in [3.8, 4) is 11.8 Å². The van der Waals surface area contributed by atoms with E-state index in [2.05, 4.69) is 19.9 Å². The molecule has 1 atom stereocenters. The lowest BCUT2D eigenvalue weighted by molar-refractivity contribution is -0.118. The SMILES string of the molecule is COCCN1C(N)=C(C#N)[C@@H](c2ccc(OCc3ccc(Cl)cc3Cl)c(Cl)c2)C2=C1CC(C)(C)CC2=O. The first-order valence-electron chi connectivity index (χ1n) is 11.8. The highest BCUT2D eigenvalue weighted by atomic mass is 35.5. The third-order valence-corrected chi connectivity index (χ3v) is 7.58. The van der Waals surface area contributed by atoms with E-state index in [1.165, 1.54) is 0 Å². The highest BCUT2D eigenvalue weighted by molar-refractivity contribution is 6.35. The van der Waals surface area contributed by atoms with Crippen molar-refractivity contribution in [1.29, 1.82) is 5.26 Å². The number of Topliss-reactive ketones (excluding diaryl/α,β-unsaturated/α-hetero) is 1. The number of carbonyl (C=O) groups excluding carboxylic acids is 1. The Kier molecular flexibility index (Phi) is 8.11.